The minimum Gasteiger partial charge on any atom is -0.481 e. The van der Waals surface area contributed by atoms with E-state index in [4.69, 9.17) is 5.11 Å². The number of rotatable bonds is 7. The fourth-order valence-electron chi connectivity index (χ4n) is 2.50. The Morgan fingerprint density at radius 2 is 1.83 bits per heavy atom. The third-order valence-corrected chi connectivity index (χ3v) is 4.12. The number of aliphatic carboxylic acids is 1. The van der Waals surface area contributed by atoms with Crippen LogP contribution in [0.15, 0.2) is 0 Å². The van der Waals surface area contributed by atoms with Crippen molar-refractivity contribution >= 4 is 11.9 Å². The highest BCUT2D eigenvalue weighted by Crippen LogP contribution is 2.28. The molecule has 1 rings (SSSR count). The van der Waals surface area contributed by atoms with Gasteiger partial charge in [-0.05, 0) is 18.8 Å². The number of carbonyl (C=O) groups excluding carboxylic acids is 1. The number of carboxylic acids is 1. The summed E-state index contributed by atoms with van der Waals surface area (Å²) in [6, 6.07) is 0. The first-order valence-electron chi connectivity index (χ1n) is 7.03. The SMILES string of the molecule is CC(C(=O)O)C(C)C(=O)NCCCC1CCCC1. The van der Waals surface area contributed by atoms with Crippen molar-refractivity contribution in [3.05, 3.63) is 0 Å². The fourth-order valence-corrected chi connectivity index (χ4v) is 2.50. The summed E-state index contributed by atoms with van der Waals surface area (Å²) in [6.07, 6.45) is 7.56. The van der Waals surface area contributed by atoms with Crippen LogP contribution in [0.25, 0.3) is 0 Å². The topological polar surface area (TPSA) is 66.4 Å². The molecule has 0 aromatic rings. The molecule has 0 aliphatic heterocycles. The van der Waals surface area contributed by atoms with Gasteiger partial charge in [-0.15, -0.1) is 0 Å². The summed E-state index contributed by atoms with van der Waals surface area (Å²) in [4.78, 5) is 22.5. The number of nitrogens with one attached hydrogen (secondary N) is 1. The molecule has 0 aromatic carbocycles. The predicted molar refractivity (Wildman–Crippen MR) is 70.2 cm³/mol. The van der Waals surface area contributed by atoms with Crippen molar-refractivity contribution in [2.45, 2.75) is 52.4 Å². The molecule has 1 amide bonds. The van der Waals surface area contributed by atoms with E-state index in [1.807, 2.05) is 0 Å². The largest absolute Gasteiger partial charge is 0.481 e. The lowest BCUT2D eigenvalue weighted by atomic mass is 9.95. The number of carbonyl (C=O) groups is 2. The minimum absolute atomic E-state index is 0.142. The molecule has 2 unspecified atom stereocenters. The van der Waals surface area contributed by atoms with E-state index in [9.17, 15) is 9.59 Å². The second-order valence-electron chi connectivity index (χ2n) is 5.50. The van der Waals surface area contributed by atoms with Gasteiger partial charge >= 0.3 is 5.97 Å². The molecule has 0 aromatic heterocycles. The molecule has 2 N–H and O–H groups in total. The van der Waals surface area contributed by atoms with Crippen LogP contribution in [0, 0.1) is 17.8 Å². The first kappa shape index (κ1) is 15.0. The van der Waals surface area contributed by atoms with Crippen LogP contribution >= 0.6 is 0 Å². The molecular weight excluding hydrogens is 230 g/mol. The van der Waals surface area contributed by atoms with E-state index in [2.05, 4.69) is 5.32 Å². The van der Waals surface area contributed by atoms with Crippen LogP contribution in [0.1, 0.15) is 52.4 Å². The Kier molecular flexibility index (Phi) is 6.16. The van der Waals surface area contributed by atoms with Gasteiger partial charge in [0.2, 0.25) is 5.91 Å². The van der Waals surface area contributed by atoms with E-state index in [1.165, 1.54) is 32.1 Å². The van der Waals surface area contributed by atoms with Crippen molar-refractivity contribution < 1.29 is 14.7 Å². The average Bonchev–Trinajstić information content (AvgIpc) is 2.85. The van der Waals surface area contributed by atoms with Crippen LogP contribution in [-0.4, -0.2) is 23.5 Å². The molecule has 4 nitrogen and oxygen atoms in total. The Labute approximate surface area is 109 Å². The standard InChI is InChI=1S/C14H25NO3/c1-10(11(2)14(17)18)13(16)15-9-5-8-12-6-3-4-7-12/h10-12H,3-9H2,1-2H3,(H,15,16)(H,17,18). The summed E-state index contributed by atoms with van der Waals surface area (Å²) in [7, 11) is 0. The summed E-state index contributed by atoms with van der Waals surface area (Å²) >= 11 is 0. The van der Waals surface area contributed by atoms with Gasteiger partial charge < -0.3 is 10.4 Å². The van der Waals surface area contributed by atoms with Crippen LogP contribution in [0.5, 0.6) is 0 Å². The Morgan fingerprint density at radius 3 is 2.39 bits per heavy atom. The van der Waals surface area contributed by atoms with Crippen LogP contribution in [0.2, 0.25) is 0 Å². The normalized spacial score (nSPS) is 19.4. The maximum absolute atomic E-state index is 11.7. The smallest absolute Gasteiger partial charge is 0.307 e. The molecule has 0 bridgehead atoms. The minimum atomic E-state index is -0.913. The monoisotopic (exact) mass is 255 g/mol. The van der Waals surface area contributed by atoms with E-state index >= 15 is 0 Å². The average molecular weight is 255 g/mol. The molecule has 1 aliphatic rings. The quantitative estimate of drug-likeness (QED) is 0.687. The third kappa shape index (κ3) is 4.67. The molecule has 0 heterocycles. The van der Waals surface area contributed by atoms with Crippen molar-refractivity contribution in [2.75, 3.05) is 6.54 Å². The van der Waals surface area contributed by atoms with Gasteiger partial charge in [-0.25, -0.2) is 0 Å². The van der Waals surface area contributed by atoms with Crippen LogP contribution < -0.4 is 5.32 Å². The number of hydrogen-bond acceptors (Lipinski definition) is 2. The lowest BCUT2D eigenvalue weighted by Gasteiger charge is -2.16. The zero-order chi connectivity index (χ0) is 13.5. The van der Waals surface area contributed by atoms with Crippen LogP contribution in [0.4, 0.5) is 0 Å². The molecule has 4 heteroatoms. The van der Waals surface area contributed by atoms with Crippen molar-refractivity contribution in [1.82, 2.24) is 5.32 Å². The van der Waals surface area contributed by atoms with Crippen LogP contribution in [0.3, 0.4) is 0 Å². The summed E-state index contributed by atoms with van der Waals surface area (Å²) in [5.74, 6) is -1.30. The summed E-state index contributed by atoms with van der Waals surface area (Å²) < 4.78 is 0. The Balaban J connectivity index is 2.14. The zero-order valence-electron chi connectivity index (χ0n) is 11.4. The Morgan fingerprint density at radius 1 is 1.22 bits per heavy atom. The Bertz CT molecular complexity index is 285. The van der Waals surface area contributed by atoms with Gasteiger partial charge in [-0.1, -0.05) is 39.5 Å². The molecule has 1 saturated carbocycles. The first-order valence-corrected chi connectivity index (χ1v) is 7.03. The zero-order valence-corrected chi connectivity index (χ0v) is 11.4. The third-order valence-electron chi connectivity index (χ3n) is 4.12. The highest BCUT2D eigenvalue weighted by atomic mass is 16.4. The highest BCUT2D eigenvalue weighted by molar-refractivity contribution is 5.84. The highest BCUT2D eigenvalue weighted by Gasteiger charge is 2.25. The van der Waals surface area contributed by atoms with E-state index in [1.54, 1.807) is 13.8 Å². The maximum atomic E-state index is 11.7. The number of carboxylic acid groups (broad SMARTS) is 1. The molecule has 0 saturated heterocycles. The molecule has 2 atom stereocenters. The van der Waals surface area contributed by atoms with Gasteiger partial charge in [-0.3, -0.25) is 9.59 Å². The molecule has 104 valence electrons. The van der Waals surface area contributed by atoms with E-state index in [0.29, 0.717) is 6.54 Å². The van der Waals surface area contributed by atoms with Gasteiger partial charge in [0.1, 0.15) is 0 Å². The first-order chi connectivity index (χ1) is 8.52. The molecule has 0 spiro atoms. The van der Waals surface area contributed by atoms with Gasteiger partial charge in [0.25, 0.3) is 0 Å². The van der Waals surface area contributed by atoms with E-state index in [-0.39, 0.29) is 5.91 Å². The van der Waals surface area contributed by atoms with Gasteiger partial charge in [0, 0.05) is 12.5 Å². The maximum Gasteiger partial charge on any atom is 0.307 e. The second-order valence-corrected chi connectivity index (χ2v) is 5.50. The summed E-state index contributed by atoms with van der Waals surface area (Å²) in [5.41, 5.74) is 0. The van der Waals surface area contributed by atoms with Gasteiger partial charge in [0.15, 0.2) is 0 Å². The van der Waals surface area contributed by atoms with Crippen molar-refractivity contribution in [2.24, 2.45) is 17.8 Å². The summed E-state index contributed by atoms with van der Waals surface area (Å²) in [5, 5.41) is 11.7. The number of hydrogen-bond donors (Lipinski definition) is 2. The lowest BCUT2D eigenvalue weighted by molar-refractivity contribution is -0.146. The Hall–Kier alpha value is -1.06. The van der Waals surface area contributed by atoms with E-state index in [0.717, 1.165) is 12.3 Å². The van der Waals surface area contributed by atoms with Crippen LogP contribution in [-0.2, 0) is 9.59 Å². The molecule has 1 fully saturated rings. The van der Waals surface area contributed by atoms with E-state index < -0.39 is 17.8 Å². The molecule has 0 radical (unpaired) electrons. The summed E-state index contributed by atoms with van der Waals surface area (Å²) in [6.45, 7) is 3.92. The van der Waals surface area contributed by atoms with Crippen molar-refractivity contribution in [1.29, 1.82) is 0 Å². The molecular formula is C14H25NO3. The predicted octanol–water partition coefficient (Wildman–Crippen LogP) is 2.43. The number of amides is 1. The fraction of sp³-hybridized carbons (Fsp3) is 0.857. The van der Waals surface area contributed by atoms with Gasteiger partial charge in [0.05, 0.1) is 5.92 Å². The second kappa shape index (κ2) is 7.39. The van der Waals surface area contributed by atoms with Crippen molar-refractivity contribution in [3.8, 4) is 0 Å². The van der Waals surface area contributed by atoms with Gasteiger partial charge in [-0.2, -0.15) is 0 Å². The molecule has 18 heavy (non-hydrogen) atoms. The van der Waals surface area contributed by atoms with Crippen molar-refractivity contribution in [3.63, 3.8) is 0 Å². The molecule has 1 aliphatic carbocycles. The lowest BCUT2D eigenvalue weighted by Crippen LogP contribution is -2.35.